The van der Waals surface area contributed by atoms with Crippen LogP contribution in [0, 0.1) is 6.92 Å². The summed E-state index contributed by atoms with van der Waals surface area (Å²) in [6, 6.07) is 6.15. The zero-order valence-electron chi connectivity index (χ0n) is 10.4. The molecule has 1 rings (SSSR count). The second kappa shape index (κ2) is 4.52. The average molecular weight is 217 g/mol. The third kappa shape index (κ3) is 2.96. The lowest BCUT2D eigenvalue weighted by Crippen LogP contribution is -2.14. The van der Waals surface area contributed by atoms with E-state index < -0.39 is 0 Å². The van der Waals surface area contributed by atoms with Crippen LogP contribution in [-0.2, 0) is 10.2 Å². The Morgan fingerprint density at radius 2 is 2.00 bits per heavy atom. The van der Waals surface area contributed by atoms with Crippen molar-refractivity contribution in [2.45, 2.75) is 33.1 Å². The fraction of sp³-hybridized carbons (Fsp3) is 0.357. The first kappa shape index (κ1) is 12.5. The number of hydrogen-bond donors (Lipinski definition) is 1. The minimum atomic E-state index is -0.172. The van der Waals surface area contributed by atoms with Crippen LogP contribution in [0.15, 0.2) is 30.9 Å². The van der Waals surface area contributed by atoms with Gasteiger partial charge in [-0.1, -0.05) is 39.5 Å². The predicted molar refractivity (Wildman–Crippen MR) is 68.7 cm³/mol. The van der Waals surface area contributed by atoms with E-state index in [9.17, 15) is 4.79 Å². The third-order valence-electron chi connectivity index (χ3n) is 2.55. The molecule has 0 radical (unpaired) electrons. The summed E-state index contributed by atoms with van der Waals surface area (Å²) in [4.78, 5) is 11.3. The number of anilines is 1. The molecule has 0 aliphatic heterocycles. The van der Waals surface area contributed by atoms with E-state index in [0.717, 1.165) is 11.3 Å². The number of rotatable bonds is 2. The third-order valence-corrected chi connectivity index (χ3v) is 2.55. The van der Waals surface area contributed by atoms with Crippen LogP contribution in [0.4, 0.5) is 5.69 Å². The van der Waals surface area contributed by atoms with E-state index in [1.54, 1.807) is 0 Å². The van der Waals surface area contributed by atoms with Gasteiger partial charge in [0.1, 0.15) is 0 Å². The number of amides is 1. The van der Waals surface area contributed by atoms with E-state index in [-0.39, 0.29) is 11.3 Å². The van der Waals surface area contributed by atoms with Crippen molar-refractivity contribution >= 4 is 11.6 Å². The molecule has 1 N–H and O–H groups in total. The van der Waals surface area contributed by atoms with Gasteiger partial charge in [-0.15, -0.1) is 0 Å². The Morgan fingerprint density at radius 3 is 2.50 bits per heavy atom. The molecule has 2 heteroatoms. The van der Waals surface area contributed by atoms with Crippen LogP contribution in [0.3, 0.4) is 0 Å². The molecule has 0 saturated heterocycles. The van der Waals surface area contributed by atoms with E-state index in [1.807, 2.05) is 19.1 Å². The lowest BCUT2D eigenvalue weighted by Gasteiger charge is -2.20. The highest BCUT2D eigenvalue weighted by Gasteiger charge is 2.14. The van der Waals surface area contributed by atoms with Gasteiger partial charge in [0, 0.05) is 5.69 Å². The summed E-state index contributed by atoms with van der Waals surface area (Å²) in [5.74, 6) is -0.172. The van der Waals surface area contributed by atoms with Gasteiger partial charge in [-0.3, -0.25) is 4.79 Å². The van der Waals surface area contributed by atoms with Crippen LogP contribution >= 0.6 is 0 Å². The lowest BCUT2D eigenvalue weighted by molar-refractivity contribution is -0.111. The van der Waals surface area contributed by atoms with Gasteiger partial charge in [0.05, 0.1) is 0 Å². The van der Waals surface area contributed by atoms with Crippen LogP contribution < -0.4 is 5.32 Å². The van der Waals surface area contributed by atoms with Crippen molar-refractivity contribution in [3.8, 4) is 0 Å². The predicted octanol–water partition coefficient (Wildman–Crippen LogP) is 3.42. The number of benzene rings is 1. The first-order chi connectivity index (χ1) is 7.34. The van der Waals surface area contributed by atoms with E-state index >= 15 is 0 Å². The van der Waals surface area contributed by atoms with Crippen molar-refractivity contribution in [1.29, 1.82) is 0 Å². The summed E-state index contributed by atoms with van der Waals surface area (Å²) in [5, 5.41) is 2.82. The smallest absolute Gasteiger partial charge is 0.247 e. The highest BCUT2D eigenvalue weighted by atomic mass is 16.1. The number of hydrogen-bond acceptors (Lipinski definition) is 1. The molecule has 0 bridgehead atoms. The topological polar surface area (TPSA) is 29.1 Å². The molecule has 0 saturated carbocycles. The van der Waals surface area contributed by atoms with Gasteiger partial charge in [0.25, 0.3) is 0 Å². The summed E-state index contributed by atoms with van der Waals surface area (Å²) >= 11 is 0. The molecule has 1 amide bonds. The SMILES string of the molecule is C=CC(=O)Nc1cc(C(C)(C)C)ccc1C. The van der Waals surface area contributed by atoms with Gasteiger partial charge in [0.2, 0.25) is 5.91 Å². The van der Waals surface area contributed by atoms with E-state index in [4.69, 9.17) is 0 Å². The van der Waals surface area contributed by atoms with E-state index in [0.29, 0.717) is 0 Å². The number of nitrogens with one attached hydrogen (secondary N) is 1. The molecule has 0 aliphatic carbocycles. The average Bonchev–Trinajstić information content (AvgIpc) is 2.19. The summed E-state index contributed by atoms with van der Waals surface area (Å²) in [6.07, 6.45) is 1.28. The molecule has 1 aromatic rings. The van der Waals surface area contributed by atoms with Crippen molar-refractivity contribution < 1.29 is 4.79 Å². The first-order valence-electron chi connectivity index (χ1n) is 5.39. The zero-order valence-corrected chi connectivity index (χ0v) is 10.4. The maximum absolute atomic E-state index is 11.3. The van der Waals surface area contributed by atoms with Crippen molar-refractivity contribution in [3.63, 3.8) is 0 Å². The van der Waals surface area contributed by atoms with Gasteiger partial charge in [-0.05, 0) is 35.6 Å². The molecule has 0 atom stereocenters. The van der Waals surface area contributed by atoms with Crippen molar-refractivity contribution in [1.82, 2.24) is 0 Å². The Labute approximate surface area is 97.4 Å². The maximum Gasteiger partial charge on any atom is 0.247 e. The Balaban J connectivity index is 3.09. The molecule has 0 spiro atoms. The lowest BCUT2D eigenvalue weighted by atomic mass is 9.86. The molecular weight excluding hydrogens is 198 g/mol. The summed E-state index contributed by atoms with van der Waals surface area (Å²) in [7, 11) is 0. The molecule has 0 heterocycles. The maximum atomic E-state index is 11.3. The molecule has 0 aliphatic rings. The Morgan fingerprint density at radius 1 is 1.38 bits per heavy atom. The van der Waals surface area contributed by atoms with Gasteiger partial charge < -0.3 is 5.32 Å². The molecule has 0 aromatic heterocycles. The van der Waals surface area contributed by atoms with Crippen molar-refractivity contribution in [3.05, 3.63) is 42.0 Å². The number of aryl methyl sites for hydroxylation is 1. The van der Waals surface area contributed by atoms with Gasteiger partial charge >= 0.3 is 0 Å². The van der Waals surface area contributed by atoms with Gasteiger partial charge in [-0.2, -0.15) is 0 Å². The van der Waals surface area contributed by atoms with Gasteiger partial charge in [0.15, 0.2) is 0 Å². The minimum absolute atomic E-state index is 0.0847. The van der Waals surface area contributed by atoms with Crippen LogP contribution in [0.1, 0.15) is 31.9 Å². The Kier molecular flexibility index (Phi) is 3.53. The second-order valence-corrected chi connectivity index (χ2v) is 4.97. The molecular formula is C14H19NO. The molecule has 86 valence electrons. The quantitative estimate of drug-likeness (QED) is 0.756. The van der Waals surface area contributed by atoms with Crippen LogP contribution in [0.5, 0.6) is 0 Å². The molecule has 2 nitrogen and oxygen atoms in total. The summed E-state index contributed by atoms with van der Waals surface area (Å²) < 4.78 is 0. The monoisotopic (exact) mass is 217 g/mol. The van der Waals surface area contributed by atoms with E-state index in [2.05, 4.69) is 38.7 Å². The molecule has 1 aromatic carbocycles. The van der Waals surface area contributed by atoms with Crippen LogP contribution in [0.25, 0.3) is 0 Å². The molecule has 0 fully saturated rings. The Hall–Kier alpha value is -1.57. The van der Waals surface area contributed by atoms with Gasteiger partial charge in [-0.25, -0.2) is 0 Å². The summed E-state index contributed by atoms with van der Waals surface area (Å²) in [5.41, 5.74) is 3.21. The largest absolute Gasteiger partial charge is 0.322 e. The zero-order chi connectivity index (χ0) is 12.3. The standard InChI is InChI=1S/C14H19NO/c1-6-13(16)15-12-9-11(14(3,4)5)8-7-10(12)2/h6-9H,1H2,2-5H3,(H,15,16). The fourth-order valence-electron chi connectivity index (χ4n) is 1.41. The highest BCUT2D eigenvalue weighted by molar-refractivity contribution is 5.99. The van der Waals surface area contributed by atoms with Crippen molar-refractivity contribution in [2.24, 2.45) is 0 Å². The van der Waals surface area contributed by atoms with E-state index in [1.165, 1.54) is 11.6 Å². The fourth-order valence-corrected chi connectivity index (χ4v) is 1.41. The van der Waals surface area contributed by atoms with Crippen LogP contribution in [0.2, 0.25) is 0 Å². The second-order valence-electron chi connectivity index (χ2n) is 4.97. The molecule has 16 heavy (non-hydrogen) atoms. The first-order valence-corrected chi connectivity index (χ1v) is 5.39. The number of carbonyl (C=O) groups is 1. The normalized spacial score (nSPS) is 11.0. The Bertz CT molecular complexity index is 413. The van der Waals surface area contributed by atoms with Crippen molar-refractivity contribution in [2.75, 3.05) is 5.32 Å². The highest BCUT2D eigenvalue weighted by Crippen LogP contribution is 2.26. The minimum Gasteiger partial charge on any atom is -0.322 e. The summed E-state index contributed by atoms with van der Waals surface area (Å²) in [6.45, 7) is 11.9. The number of carbonyl (C=O) groups excluding carboxylic acids is 1. The molecule has 0 unspecified atom stereocenters. The van der Waals surface area contributed by atoms with Crippen LogP contribution in [-0.4, -0.2) is 5.91 Å².